The number of rotatable bonds is 5. The summed E-state index contributed by atoms with van der Waals surface area (Å²) in [6.07, 6.45) is 0. The number of hydrogen-bond acceptors (Lipinski definition) is 4. The third-order valence-corrected chi connectivity index (χ3v) is 4.84. The molecule has 2 aromatic rings. The third-order valence-electron chi connectivity index (χ3n) is 2.85. The van der Waals surface area contributed by atoms with Crippen LogP contribution >= 0.6 is 15.9 Å². The third kappa shape index (κ3) is 4.63. The second-order valence-corrected chi connectivity index (χ2v) is 7.14. The van der Waals surface area contributed by atoms with Gasteiger partial charge in [0.15, 0.2) is 0 Å². The molecular weight excluding hydrogens is 382 g/mol. The fourth-order valence-electron chi connectivity index (χ4n) is 1.77. The van der Waals surface area contributed by atoms with Gasteiger partial charge >= 0.3 is 0 Å². The quantitative estimate of drug-likeness (QED) is 0.813. The number of nitrogens with zero attached hydrogens (tertiary/aromatic N) is 1. The average molecular weight is 394 g/mol. The summed E-state index contributed by atoms with van der Waals surface area (Å²) in [6.45, 7) is -0.432. The summed E-state index contributed by atoms with van der Waals surface area (Å²) in [5.74, 6) is -0.509. The zero-order chi connectivity index (χ0) is 16.9. The van der Waals surface area contributed by atoms with Crippen molar-refractivity contribution in [2.24, 2.45) is 0 Å². The smallest absolute Gasteiger partial charge is 0.242 e. The Balaban J connectivity index is 2.03. The van der Waals surface area contributed by atoms with E-state index < -0.39 is 22.5 Å². The lowest BCUT2D eigenvalue weighted by Crippen LogP contribution is -2.33. The number of nitriles is 1. The normalized spacial score (nSPS) is 10.8. The summed E-state index contributed by atoms with van der Waals surface area (Å²) in [4.78, 5) is 11.7. The van der Waals surface area contributed by atoms with Crippen molar-refractivity contribution in [2.75, 3.05) is 11.9 Å². The van der Waals surface area contributed by atoms with Crippen LogP contribution in [0.4, 0.5) is 5.69 Å². The molecule has 0 aliphatic rings. The number of carbonyl (C=O) groups is 1. The Labute approximate surface area is 142 Å². The Morgan fingerprint density at radius 1 is 1.13 bits per heavy atom. The number of nitrogens with one attached hydrogen (secondary N) is 2. The van der Waals surface area contributed by atoms with Crippen molar-refractivity contribution >= 4 is 37.5 Å². The van der Waals surface area contributed by atoms with E-state index in [2.05, 4.69) is 26.0 Å². The first-order valence-electron chi connectivity index (χ1n) is 6.46. The van der Waals surface area contributed by atoms with E-state index in [1.54, 1.807) is 30.3 Å². The molecule has 118 valence electrons. The SMILES string of the molecule is N#Cc1ccccc1S(=O)(=O)NCC(=O)Nc1ccc(Br)cc1. The van der Waals surface area contributed by atoms with Gasteiger partial charge in [-0.1, -0.05) is 28.1 Å². The van der Waals surface area contributed by atoms with E-state index in [4.69, 9.17) is 5.26 Å². The van der Waals surface area contributed by atoms with Crippen molar-refractivity contribution in [3.8, 4) is 6.07 Å². The first kappa shape index (κ1) is 17.1. The molecule has 0 fully saturated rings. The fraction of sp³-hybridized carbons (Fsp3) is 0.0667. The van der Waals surface area contributed by atoms with Crippen molar-refractivity contribution in [1.29, 1.82) is 5.26 Å². The van der Waals surface area contributed by atoms with Crippen molar-refractivity contribution in [1.82, 2.24) is 4.72 Å². The van der Waals surface area contributed by atoms with E-state index in [0.717, 1.165) is 4.47 Å². The van der Waals surface area contributed by atoms with Crippen LogP contribution in [-0.4, -0.2) is 20.9 Å². The van der Waals surface area contributed by atoms with Gasteiger partial charge in [-0.15, -0.1) is 0 Å². The molecule has 23 heavy (non-hydrogen) atoms. The lowest BCUT2D eigenvalue weighted by Gasteiger charge is -2.09. The molecule has 8 heteroatoms. The van der Waals surface area contributed by atoms with E-state index in [9.17, 15) is 13.2 Å². The minimum atomic E-state index is -3.94. The van der Waals surface area contributed by atoms with Gasteiger partial charge in [0, 0.05) is 10.2 Å². The molecule has 2 N–H and O–H groups in total. The molecule has 6 nitrogen and oxygen atoms in total. The number of halogens is 1. The van der Waals surface area contributed by atoms with Crippen molar-refractivity contribution in [3.63, 3.8) is 0 Å². The lowest BCUT2D eigenvalue weighted by molar-refractivity contribution is -0.115. The second-order valence-electron chi connectivity index (χ2n) is 4.49. The maximum Gasteiger partial charge on any atom is 0.242 e. The number of amides is 1. The number of anilines is 1. The van der Waals surface area contributed by atoms with Crippen LogP contribution in [0.2, 0.25) is 0 Å². The van der Waals surface area contributed by atoms with Crippen LogP contribution in [0.15, 0.2) is 57.9 Å². The van der Waals surface area contributed by atoms with E-state index in [-0.39, 0.29) is 10.5 Å². The number of hydrogen-bond donors (Lipinski definition) is 2. The Bertz CT molecular complexity index is 858. The Hall–Kier alpha value is -2.21. The first-order chi connectivity index (χ1) is 10.9. The minimum absolute atomic E-state index is 0.0216. The molecule has 0 radical (unpaired) electrons. The highest BCUT2D eigenvalue weighted by atomic mass is 79.9. The Morgan fingerprint density at radius 3 is 2.43 bits per heavy atom. The molecule has 0 heterocycles. The van der Waals surface area contributed by atoms with Gasteiger partial charge in [-0.05, 0) is 36.4 Å². The van der Waals surface area contributed by atoms with Crippen LogP contribution in [0, 0.1) is 11.3 Å². The number of sulfonamides is 1. The standard InChI is InChI=1S/C15H12BrN3O3S/c16-12-5-7-13(8-6-12)19-15(20)10-18-23(21,22)14-4-2-1-3-11(14)9-17/h1-8,18H,10H2,(H,19,20). The molecule has 0 saturated heterocycles. The largest absolute Gasteiger partial charge is 0.325 e. The number of carbonyl (C=O) groups excluding carboxylic acids is 1. The van der Waals surface area contributed by atoms with Gasteiger partial charge < -0.3 is 5.32 Å². The summed E-state index contributed by atoms with van der Waals surface area (Å²) in [5.41, 5.74) is 0.572. The Morgan fingerprint density at radius 2 is 1.78 bits per heavy atom. The molecule has 0 unspecified atom stereocenters. The van der Waals surface area contributed by atoms with E-state index in [1.165, 1.54) is 18.2 Å². The van der Waals surface area contributed by atoms with E-state index in [0.29, 0.717) is 5.69 Å². The molecular formula is C15H12BrN3O3S. The maximum atomic E-state index is 12.2. The van der Waals surface area contributed by atoms with Crippen molar-refractivity contribution < 1.29 is 13.2 Å². The molecule has 0 aromatic heterocycles. The highest BCUT2D eigenvalue weighted by molar-refractivity contribution is 9.10. The molecule has 2 rings (SSSR count). The predicted molar refractivity (Wildman–Crippen MR) is 89.1 cm³/mol. The van der Waals surface area contributed by atoms with Gasteiger partial charge in [0.1, 0.15) is 6.07 Å². The van der Waals surface area contributed by atoms with Crippen LogP contribution in [0.3, 0.4) is 0 Å². The lowest BCUT2D eigenvalue weighted by atomic mass is 10.2. The first-order valence-corrected chi connectivity index (χ1v) is 8.74. The van der Waals surface area contributed by atoms with Gasteiger partial charge in [-0.25, -0.2) is 13.1 Å². The second kappa shape index (κ2) is 7.37. The van der Waals surface area contributed by atoms with Crippen LogP contribution < -0.4 is 10.0 Å². The monoisotopic (exact) mass is 393 g/mol. The summed E-state index contributed by atoms with van der Waals surface area (Å²) >= 11 is 3.28. The van der Waals surface area contributed by atoms with Crippen LogP contribution in [0.1, 0.15) is 5.56 Å². The molecule has 0 saturated carbocycles. The van der Waals surface area contributed by atoms with Gasteiger partial charge in [-0.3, -0.25) is 4.79 Å². The molecule has 2 aromatic carbocycles. The molecule has 0 aliphatic carbocycles. The van der Waals surface area contributed by atoms with Gasteiger partial charge in [0.05, 0.1) is 17.0 Å². The summed E-state index contributed by atoms with van der Waals surface area (Å²) in [6, 6.07) is 14.5. The van der Waals surface area contributed by atoms with Crippen LogP contribution in [0.5, 0.6) is 0 Å². The van der Waals surface area contributed by atoms with Gasteiger partial charge in [0.25, 0.3) is 0 Å². The summed E-state index contributed by atoms with van der Waals surface area (Å²) in [5, 5.41) is 11.5. The van der Waals surface area contributed by atoms with Crippen LogP contribution in [-0.2, 0) is 14.8 Å². The Kier molecular flexibility index (Phi) is 5.50. The van der Waals surface area contributed by atoms with Gasteiger partial charge in [0.2, 0.25) is 15.9 Å². The van der Waals surface area contributed by atoms with Gasteiger partial charge in [-0.2, -0.15) is 5.26 Å². The van der Waals surface area contributed by atoms with Crippen LogP contribution in [0.25, 0.3) is 0 Å². The van der Waals surface area contributed by atoms with Crippen molar-refractivity contribution in [3.05, 3.63) is 58.6 Å². The predicted octanol–water partition coefficient (Wildman–Crippen LogP) is 2.24. The zero-order valence-electron chi connectivity index (χ0n) is 11.8. The molecule has 0 bridgehead atoms. The minimum Gasteiger partial charge on any atom is -0.325 e. The molecule has 0 aliphatic heterocycles. The summed E-state index contributed by atoms with van der Waals surface area (Å²) < 4.78 is 27.4. The molecule has 0 atom stereocenters. The van der Waals surface area contributed by atoms with E-state index >= 15 is 0 Å². The number of benzene rings is 2. The highest BCUT2D eigenvalue weighted by Gasteiger charge is 2.19. The summed E-state index contributed by atoms with van der Waals surface area (Å²) in [7, 11) is -3.94. The molecule has 1 amide bonds. The fourth-order valence-corrected chi connectivity index (χ4v) is 3.17. The highest BCUT2D eigenvalue weighted by Crippen LogP contribution is 2.15. The molecule has 0 spiro atoms. The maximum absolute atomic E-state index is 12.2. The topological polar surface area (TPSA) is 99.1 Å². The average Bonchev–Trinajstić information content (AvgIpc) is 2.55. The van der Waals surface area contributed by atoms with Crippen molar-refractivity contribution in [2.45, 2.75) is 4.90 Å². The zero-order valence-corrected chi connectivity index (χ0v) is 14.2. The van der Waals surface area contributed by atoms with E-state index in [1.807, 2.05) is 6.07 Å².